The van der Waals surface area contributed by atoms with Crippen molar-refractivity contribution in [2.45, 2.75) is 32.7 Å². The van der Waals surface area contributed by atoms with Crippen LogP contribution >= 0.6 is 0 Å². The van der Waals surface area contributed by atoms with Crippen LogP contribution in [0, 0.1) is 5.41 Å². The van der Waals surface area contributed by atoms with Crippen molar-refractivity contribution in [1.82, 2.24) is 8.61 Å². The maximum Gasteiger partial charge on any atom is 0.322 e. The zero-order valence-electron chi connectivity index (χ0n) is 11.9. The van der Waals surface area contributed by atoms with Crippen LogP contribution in [0.15, 0.2) is 0 Å². The third-order valence-electron chi connectivity index (χ3n) is 4.05. The molecule has 2 fully saturated rings. The molecule has 0 aliphatic carbocycles. The molecule has 1 N–H and O–H groups in total. The molecular weight excluding hydrogens is 284 g/mol. The highest BCUT2D eigenvalue weighted by atomic mass is 32.2. The van der Waals surface area contributed by atoms with E-state index in [0.29, 0.717) is 26.1 Å². The van der Waals surface area contributed by atoms with E-state index in [1.165, 1.54) is 4.31 Å². The molecule has 116 valence electrons. The van der Waals surface area contributed by atoms with Crippen LogP contribution in [0.25, 0.3) is 0 Å². The van der Waals surface area contributed by atoms with Gasteiger partial charge < -0.3 is 9.84 Å². The fourth-order valence-electron chi connectivity index (χ4n) is 2.98. The third-order valence-corrected chi connectivity index (χ3v) is 6.06. The van der Waals surface area contributed by atoms with Crippen LogP contribution in [0.2, 0.25) is 0 Å². The minimum atomic E-state index is -3.74. The summed E-state index contributed by atoms with van der Waals surface area (Å²) in [4.78, 5) is 11.6. The highest BCUT2D eigenvalue weighted by molar-refractivity contribution is 7.86. The Morgan fingerprint density at radius 1 is 1.25 bits per heavy atom. The van der Waals surface area contributed by atoms with E-state index in [9.17, 15) is 18.3 Å². The van der Waals surface area contributed by atoms with Crippen molar-refractivity contribution < 1.29 is 23.1 Å². The van der Waals surface area contributed by atoms with Gasteiger partial charge in [-0.15, -0.1) is 0 Å². The molecule has 2 heterocycles. The van der Waals surface area contributed by atoms with E-state index < -0.39 is 27.6 Å². The van der Waals surface area contributed by atoms with Gasteiger partial charge in [0.15, 0.2) is 0 Å². The molecule has 0 amide bonds. The molecule has 0 aromatic heterocycles. The van der Waals surface area contributed by atoms with Gasteiger partial charge in [-0.1, -0.05) is 13.8 Å². The second-order valence-electron chi connectivity index (χ2n) is 5.96. The van der Waals surface area contributed by atoms with E-state index in [0.717, 1.165) is 4.31 Å². The quantitative estimate of drug-likeness (QED) is 0.801. The van der Waals surface area contributed by atoms with E-state index in [4.69, 9.17) is 4.74 Å². The lowest BCUT2D eigenvalue weighted by atomic mass is 9.77. The highest BCUT2D eigenvalue weighted by Crippen LogP contribution is 2.37. The Bertz CT molecular complexity index is 470. The first kappa shape index (κ1) is 15.7. The summed E-state index contributed by atoms with van der Waals surface area (Å²) in [5, 5.41) is 9.46. The summed E-state index contributed by atoms with van der Waals surface area (Å²) in [6, 6.07) is -1.01. The van der Waals surface area contributed by atoms with Crippen LogP contribution in [0.5, 0.6) is 0 Å². The molecule has 1 unspecified atom stereocenters. The van der Waals surface area contributed by atoms with Gasteiger partial charge in [-0.05, 0) is 18.3 Å². The molecule has 0 aromatic rings. The number of hydrogen-bond donors (Lipinski definition) is 1. The summed E-state index contributed by atoms with van der Waals surface area (Å²) in [5.74, 6) is -1.08. The Labute approximate surface area is 119 Å². The van der Waals surface area contributed by atoms with Gasteiger partial charge in [-0.25, -0.2) is 0 Å². The lowest BCUT2D eigenvalue weighted by Gasteiger charge is -2.44. The van der Waals surface area contributed by atoms with Crippen LogP contribution in [0.4, 0.5) is 0 Å². The Balaban J connectivity index is 2.30. The van der Waals surface area contributed by atoms with Crippen LogP contribution < -0.4 is 0 Å². The van der Waals surface area contributed by atoms with E-state index in [1.807, 2.05) is 13.8 Å². The van der Waals surface area contributed by atoms with Gasteiger partial charge in [-0.3, -0.25) is 4.79 Å². The lowest BCUT2D eigenvalue weighted by molar-refractivity contribution is -0.147. The van der Waals surface area contributed by atoms with Gasteiger partial charge in [0.25, 0.3) is 10.2 Å². The first-order valence-corrected chi connectivity index (χ1v) is 8.24. The SMILES string of the molecule is CC1(C)CCCN(S(=O)(=O)N2CCOCC2)C1C(=O)O. The molecule has 8 heteroatoms. The molecule has 7 nitrogen and oxygen atoms in total. The molecule has 20 heavy (non-hydrogen) atoms. The first-order chi connectivity index (χ1) is 9.27. The van der Waals surface area contributed by atoms with Crippen molar-refractivity contribution in [3.63, 3.8) is 0 Å². The fourth-order valence-corrected chi connectivity index (χ4v) is 4.89. The monoisotopic (exact) mass is 306 g/mol. The predicted molar refractivity (Wildman–Crippen MR) is 72.5 cm³/mol. The summed E-state index contributed by atoms with van der Waals surface area (Å²) < 4.78 is 33.0. The number of hydrogen-bond acceptors (Lipinski definition) is 4. The van der Waals surface area contributed by atoms with E-state index in [2.05, 4.69) is 0 Å². The van der Waals surface area contributed by atoms with Crippen molar-refractivity contribution in [1.29, 1.82) is 0 Å². The standard InChI is InChI=1S/C12H22N2O5S/c1-12(2)4-3-5-14(10(12)11(15)16)20(17,18)13-6-8-19-9-7-13/h10H,3-9H2,1-2H3,(H,15,16). The second-order valence-corrected chi connectivity index (χ2v) is 7.84. The number of carboxylic acid groups (broad SMARTS) is 1. The molecule has 2 saturated heterocycles. The number of piperidine rings is 1. The van der Waals surface area contributed by atoms with Gasteiger partial charge >= 0.3 is 5.97 Å². The summed E-state index contributed by atoms with van der Waals surface area (Å²) in [7, 11) is -3.74. The normalized spacial score (nSPS) is 29.2. The zero-order chi connectivity index (χ0) is 15.0. The van der Waals surface area contributed by atoms with Crippen molar-refractivity contribution in [2.24, 2.45) is 5.41 Å². The Morgan fingerprint density at radius 2 is 1.85 bits per heavy atom. The summed E-state index contributed by atoms with van der Waals surface area (Å²) >= 11 is 0. The van der Waals surface area contributed by atoms with E-state index in [1.54, 1.807) is 0 Å². The Hall–Kier alpha value is -0.700. The van der Waals surface area contributed by atoms with Gasteiger partial charge in [-0.2, -0.15) is 17.0 Å². The third kappa shape index (κ3) is 2.83. The Morgan fingerprint density at radius 3 is 2.40 bits per heavy atom. The van der Waals surface area contributed by atoms with Crippen LogP contribution in [-0.4, -0.2) is 67.0 Å². The number of ether oxygens (including phenoxy) is 1. The molecule has 1 atom stereocenters. The molecule has 0 spiro atoms. The molecule has 0 aromatic carbocycles. The van der Waals surface area contributed by atoms with Crippen molar-refractivity contribution in [3.05, 3.63) is 0 Å². The van der Waals surface area contributed by atoms with Crippen LogP contribution in [0.3, 0.4) is 0 Å². The maximum absolute atomic E-state index is 12.7. The van der Waals surface area contributed by atoms with E-state index >= 15 is 0 Å². The summed E-state index contributed by atoms with van der Waals surface area (Å²) in [6.45, 7) is 5.17. The first-order valence-electron chi connectivity index (χ1n) is 6.84. The van der Waals surface area contributed by atoms with Gasteiger partial charge in [0, 0.05) is 19.6 Å². The highest BCUT2D eigenvalue weighted by Gasteiger charge is 2.48. The molecule has 2 rings (SSSR count). The van der Waals surface area contributed by atoms with Crippen molar-refractivity contribution in [2.75, 3.05) is 32.8 Å². The second kappa shape index (κ2) is 5.59. The molecule has 0 bridgehead atoms. The number of aliphatic carboxylic acids is 1. The average Bonchev–Trinajstić information content (AvgIpc) is 2.37. The molecule has 2 aliphatic rings. The number of rotatable bonds is 3. The van der Waals surface area contributed by atoms with Gasteiger partial charge in [0.05, 0.1) is 13.2 Å². The minimum absolute atomic E-state index is 0.264. The number of carbonyl (C=O) groups is 1. The lowest BCUT2D eigenvalue weighted by Crippen LogP contribution is -2.60. The zero-order valence-corrected chi connectivity index (χ0v) is 12.7. The summed E-state index contributed by atoms with van der Waals surface area (Å²) in [6.07, 6.45) is 1.39. The predicted octanol–water partition coefficient (Wildman–Crippen LogP) is 0.139. The topological polar surface area (TPSA) is 87.2 Å². The molecular formula is C12H22N2O5S. The number of nitrogens with zero attached hydrogens (tertiary/aromatic N) is 2. The summed E-state index contributed by atoms with van der Waals surface area (Å²) in [5.41, 5.74) is -0.566. The largest absolute Gasteiger partial charge is 0.480 e. The van der Waals surface area contributed by atoms with Gasteiger partial charge in [0.2, 0.25) is 0 Å². The maximum atomic E-state index is 12.7. The smallest absolute Gasteiger partial charge is 0.322 e. The van der Waals surface area contributed by atoms with Crippen molar-refractivity contribution >= 4 is 16.2 Å². The molecule has 2 aliphatic heterocycles. The molecule has 0 radical (unpaired) electrons. The fraction of sp³-hybridized carbons (Fsp3) is 0.917. The van der Waals surface area contributed by atoms with Crippen LogP contribution in [0.1, 0.15) is 26.7 Å². The average molecular weight is 306 g/mol. The van der Waals surface area contributed by atoms with Gasteiger partial charge in [0.1, 0.15) is 6.04 Å². The number of carboxylic acids is 1. The minimum Gasteiger partial charge on any atom is -0.480 e. The van der Waals surface area contributed by atoms with Crippen LogP contribution in [-0.2, 0) is 19.7 Å². The Kier molecular flexibility index (Phi) is 4.38. The molecule has 0 saturated carbocycles. The van der Waals surface area contributed by atoms with E-state index in [-0.39, 0.29) is 19.6 Å². The number of morpholine rings is 1. The van der Waals surface area contributed by atoms with Crippen molar-refractivity contribution in [3.8, 4) is 0 Å².